The zero-order chi connectivity index (χ0) is 4.41. The summed E-state index contributed by atoms with van der Waals surface area (Å²) in [5.41, 5.74) is 0. The van der Waals surface area contributed by atoms with Gasteiger partial charge in [0.05, 0.1) is 6.26 Å². The summed E-state index contributed by atoms with van der Waals surface area (Å²) >= 11 is 0. The van der Waals surface area contributed by atoms with Crippen molar-refractivity contribution in [2.24, 2.45) is 0 Å². The second-order valence-corrected chi connectivity index (χ2v) is 1.07. The molecule has 0 saturated carbocycles. The highest BCUT2D eigenvalue weighted by Crippen LogP contribution is 2.08. The van der Waals surface area contributed by atoms with E-state index in [0.29, 0.717) is 0 Å². The van der Waals surface area contributed by atoms with Gasteiger partial charge in [-0.2, -0.15) is 0 Å². The first-order valence-corrected chi connectivity index (χ1v) is 1.81. The summed E-state index contributed by atoms with van der Waals surface area (Å²) in [5, 5.41) is 0. The molecule has 1 heterocycles. The van der Waals surface area contributed by atoms with Crippen molar-refractivity contribution < 1.29 is 9.47 Å². The van der Waals surface area contributed by atoms with E-state index < -0.39 is 0 Å². The molecule has 0 aliphatic carbocycles. The molecule has 0 amide bonds. The zero-order valence-corrected chi connectivity index (χ0v) is 3.39. The van der Waals surface area contributed by atoms with Crippen LogP contribution in [0.4, 0.5) is 0 Å². The summed E-state index contributed by atoms with van der Waals surface area (Å²) in [6, 6.07) is 0. The van der Waals surface area contributed by atoms with Crippen LogP contribution in [0.15, 0.2) is 12.8 Å². The lowest BCUT2D eigenvalue weighted by molar-refractivity contribution is 0.132. The lowest BCUT2D eigenvalue weighted by Crippen LogP contribution is -1.81. The lowest BCUT2D eigenvalue weighted by Gasteiger charge is -1.84. The van der Waals surface area contributed by atoms with Gasteiger partial charge in [-0.05, 0) is 0 Å². The Morgan fingerprint density at radius 2 is 2.67 bits per heavy atom. The predicted molar refractivity (Wildman–Crippen MR) is 21.0 cm³/mol. The molecule has 0 N–H and O–H groups in total. The molecule has 1 rings (SSSR count). The monoisotopic (exact) mass is 86.0 g/mol. The van der Waals surface area contributed by atoms with Crippen LogP contribution in [0.1, 0.15) is 0 Å². The summed E-state index contributed by atoms with van der Waals surface area (Å²) in [6.45, 7) is 4.07. The molecule has 1 saturated heterocycles. The fraction of sp³-hybridized carbons (Fsp3) is 0.500. The van der Waals surface area contributed by atoms with E-state index in [2.05, 4.69) is 11.3 Å². The van der Waals surface area contributed by atoms with Crippen LogP contribution in [0.3, 0.4) is 0 Å². The van der Waals surface area contributed by atoms with E-state index in [1.165, 1.54) is 6.26 Å². The van der Waals surface area contributed by atoms with E-state index in [0.717, 1.165) is 6.61 Å². The van der Waals surface area contributed by atoms with E-state index in [1.54, 1.807) is 0 Å². The van der Waals surface area contributed by atoms with E-state index in [-0.39, 0.29) is 6.29 Å². The number of hydrogen-bond donors (Lipinski definition) is 0. The maximum atomic E-state index is 4.69. The van der Waals surface area contributed by atoms with Gasteiger partial charge in [0.15, 0.2) is 0 Å². The summed E-state index contributed by atoms with van der Waals surface area (Å²) in [4.78, 5) is 0. The molecule has 1 atom stereocenters. The first kappa shape index (κ1) is 3.68. The minimum atomic E-state index is 0.0301. The van der Waals surface area contributed by atoms with Gasteiger partial charge in [-0.25, -0.2) is 0 Å². The number of rotatable bonds is 2. The molecular formula is C4H6O2. The van der Waals surface area contributed by atoms with Gasteiger partial charge in [-0.1, -0.05) is 6.58 Å². The van der Waals surface area contributed by atoms with Gasteiger partial charge in [-0.3, -0.25) is 0 Å². The lowest BCUT2D eigenvalue weighted by atomic mass is 10.9. The average molecular weight is 86.1 g/mol. The fourth-order valence-electron chi connectivity index (χ4n) is 0.225. The van der Waals surface area contributed by atoms with E-state index >= 15 is 0 Å². The molecular weight excluding hydrogens is 80.0 g/mol. The minimum Gasteiger partial charge on any atom is -0.471 e. The molecule has 0 bridgehead atoms. The highest BCUT2D eigenvalue weighted by Gasteiger charge is 2.21. The van der Waals surface area contributed by atoms with Gasteiger partial charge in [0.2, 0.25) is 6.29 Å². The van der Waals surface area contributed by atoms with Crippen LogP contribution in [0.25, 0.3) is 0 Å². The molecule has 1 fully saturated rings. The Morgan fingerprint density at radius 1 is 2.00 bits per heavy atom. The molecule has 0 aromatic carbocycles. The van der Waals surface area contributed by atoms with Crippen molar-refractivity contribution in [3.05, 3.63) is 12.8 Å². The Balaban J connectivity index is 2.00. The average Bonchev–Trinajstić information content (AvgIpc) is 2.21. The molecule has 6 heavy (non-hydrogen) atoms. The third-order valence-corrected chi connectivity index (χ3v) is 0.551. The summed E-state index contributed by atoms with van der Waals surface area (Å²) < 4.78 is 9.35. The normalized spacial score (nSPS) is 29.0. The van der Waals surface area contributed by atoms with Gasteiger partial charge < -0.3 is 9.47 Å². The SMILES string of the molecule is C=COC1CO1. The summed E-state index contributed by atoms with van der Waals surface area (Å²) in [5.74, 6) is 0. The third kappa shape index (κ3) is 0.723. The maximum absolute atomic E-state index is 4.69. The van der Waals surface area contributed by atoms with Crippen LogP contribution in [0, 0.1) is 0 Å². The molecule has 0 radical (unpaired) electrons. The van der Waals surface area contributed by atoms with Crippen LogP contribution < -0.4 is 0 Å². The molecule has 2 heteroatoms. The molecule has 0 spiro atoms. The summed E-state index contributed by atoms with van der Waals surface area (Å²) in [6.07, 6.45) is 1.42. The Bertz CT molecular complexity index is 56.6. The number of ether oxygens (including phenoxy) is 2. The topological polar surface area (TPSA) is 21.8 Å². The van der Waals surface area contributed by atoms with Gasteiger partial charge >= 0.3 is 0 Å². The molecule has 1 aliphatic heterocycles. The standard InChI is InChI=1S/C4H6O2/c1-2-5-4-3-6-4/h2,4H,1,3H2. The van der Waals surface area contributed by atoms with Crippen molar-refractivity contribution in [3.63, 3.8) is 0 Å². The first-order valence-electron chi connectivity index (χ1n) is 1.81. The van der Waals surface area contributed by atoms with E-state index in [1.807, 2.05) is 0 Å². The molecule has 2 nitrogen and oxygen atoms in total. The van der Waals surface area contributed by atoms with Crippen LogP contribution in [0.2, 0.25) is 0 Å². The second-order valence-electron chi connectivity index (χ2n) is 1.07. The Labute approximate surface area is 36.4 Å². The van der Waals surface area contributed by atoms with E-state index in [4.69, 9.17) is 4.74 Å². The van der Waals surface area contributed by atoms with Gasteiger partial charge in [-0.15, -0.1) is 0 Å². The van der Waals surface area contributed by atoms with E-state index in [9.17, 15) is 0 Å². The second kappa shape index (κ2) is 1.30. The predicted octanol–water partition coefficient (Wildman–Crippen LogP) is 0.503. The fourth-order valence-corrected chi connectivity index (χ4v) is 0.225. The molecule has 1 aliphatic rings. The molecule has 0 aromatic rings. The Hall–Kier alpha value is -0.500. The minimum absolute atomic E-state index is 0.0301. The molecule has 0 aromatic heterocycles. The van der Waals surface area contributed by atoms with Crippen molar-refractivity contribution in [2.75, 3.05) is 6.61 Å². The smallest absolute Gasteiger partial charge is 0.222 e. The number of epoxide rings is 1. The third-order valence-electron chi connectivity index (χ3n) is 0.551. The highest BCUT2D eigenvalue weighted by molar-refractivity contribution is 4.60. The quantitative estimate of drug-likeness (QED) is 0.360. The molecule has 34 valence electrons. The van der Waals surface area contributed by atoms with Crippen molar-refractivity contribution in [3.8, 4) is 0 Å². The largest absolute Gasteiger partial charge is 0.471 e. The van der Waals surface area contributed by atoms with Gasteiger partial charge in [0.25, 0.3) is 0 Å². The highest BCUT2D eigenvalue weighted by atomic mass is 16.8. The number of hydrogen-bond acceptors (Lipinski definition) is 2. The van der Waals surface area contributed by atoms with Gasteiger partial charge in [0.1, 0.15) is 6.61 Å². The van der Waals surface area contributed by atoms with Crippen molar-refractivity contribution >= 4 is 0 Å². The van der Waals surface area contributed by atoms with Crippen LogP contribution >= 0.6 is 0 Å². The van der Waals surface area contributed by atoms with Gasteiger partial charge in [0, 0.05) is 0 Å². The van der Waals surface area contributed by atoms with Crippen molar-refractivity contribution in [1.82, 2.24) is 0 Å². The van der Waals surface area contributed by atoms with Crippen molar-refractivity contribution in [1.29, 1.82) is 0 Å². The Morgan fingerprint density at radius 3 is 2.83 bits per heavy atom. The van der Waals surface area contributed by atoms with Crippen LogP contribution in [-0.4, -0.2) is 12.9 Å². The van der Waals surface area contributed by atoms with Crippen molar-refractivity contribution in [2.45, 2.75) is 6.29 Å². The maximum Gasteiger partial charge on any atom is 0.222 e. The molecule has 1 unspecified atom stereocenters. The summed E-state index contributed by atoms with van der Waals surface area (Å²) in [7, 11) is 0. The Kier molecular flexibility index (Phi) is 0.801. The first-order chi connectivity index (χ1) is 2.93. The van der Waals surface area contributed by atoms with Crippen LogP contribution in [0.5, 0.6) is 0 Å². The zero-order valence-electron chi connectivity index (χ0n) is 3.39. The van der Waals surface area contributed by atoms with Crippen LogP contribution in [-0.2, 0) is 9.47 Å².